The van der Waals surface area contributed by atoms with E-state index in [9.17, 15) is 41.3 Å². The topological polar surface area (TPSA) is 75.8 Å². The van der Waals surface area contributed by atoms with Crippen LogP contribution in [0.1, 0.15) is 32.3 Å². The van der Waals surface area contributed by atoms with Gasteiger partial charge in [0, 0.05) is 25.2 Å². The fourth-order valence-corrected chi connectivity index (χ4v) is 3.49. The van der Waals surface area contributed by atoms with Crippen LogP contribution in [0.15, 0.2) is 17.1 Å². The Hall–Kier alpha value is -2.35. The molecule has 0 saturated carbocycles. The standard InChI is InChI=1S/C16H17F6N4O3S/c1-3-5-24(6-4-2)14(27)26(30)11-8-9(15(17,18)19)7-10(25(28)29)12(11)23-13(26)16(20,21)22/h7-8,30H,3-6H2,1-2H3/q+1. The number of quaternary nitrogens is 1. The molecule has 0 fully saturated rings. The molecule has 0 bridgehead atoms. The van der Waals surface area contributed by atoms with Crippen LogP contribution in [0.5, 0.6) is 0 Å². The summed E-state index contributed by atoms with van der Waals surface area (Å²) in [4.78, 5) is 27.3. The van der Waals surface area contributed by atoms with Crippen molar-refractivity contribution in [1.82, 2.24) is 8.79 Å². The average molecular weight is 459 g/mol. The predicted molar refractivity (Wildman–Crippen MR) is 99.6 cm³/mol. The van der Waals surface area contributed by atoms with E-state index in [4.69, 9.17) is 0 Å². The molecule has 14 heteroatoms. The van der Waals surface area contributed by atoms with E-state index < -0.39 is 55.7 Å². The molecular formula is C16H17F6N4O3S+. The van der Waals surface area contributed by atoms with Crippen molar-refractivity contribution in [2.24, 2.45) is 4.99 Å². The molecule has 1 heterocycles. The molecule has 30 heavy (non-hydrogen) atoms. The summed E-state index contributed by atoms with van der Waals surface area (Å²) in [5.41, 5.74) is -4.86. The van der Waals surface area contributed by atoms with Gasteiger partial charge in [0.25, 0.3) is 0 Å². The highest BCUT2D eigenvalue weighted by Gasteiger charge is 2.63. The highest BCUT2D eigenvalue weighted by atomic mass is 32.1. The number of nitrogens with zero attached hydrogens (tertiary/aromatic N) is 4. The lowest BCUT2D eigenvalue weighted by atomic mass is 10.1. The van der Waals surface area contributed by atoms with Crippen LogP contribution in [0, 0.1) is 10.1 Å². The molecule has 1 atom stereocenters. The van der Waals surface area contributed by atoms with E-state index >= 15 is 0 Å². The zero-order valence-corrected chi connectivity index (χ0v) is 16.6. The van der Waals surface area contributed by atoms with E-state index in [1.807, 2.05) is 0 Å². The lowest BCUT2D eigenvalue weighted by Gasteiger charge is -2.31. The molecule has 0 radical (unpaired) electrons. The maximum Gasteiger partial charge on any atom is 0.489 e. The number of amidine groups is 1. The first-order valence-corrected chi connectivity index (χ1v) is 9.07. The first kappa shape index (κ1) is 23.9. The fourth-order valence-electron chi connectivity index (χ4n) is 3.05. The Labute approximate surface area is 172 Å². The number of carbonyl (C=O) groups excluding carboxylic acids is 1. The van der Waals surface area contributed by atoms with E-state index in [2.05, 4.69) is 17.8 Å². The van der Waals surface area contributed by atoms with Gasteiger partial charge in [-0.2, -0.15) is 31.3 Å². The number of halogens is 6. The minimum atomic E-state index is -5.30. The highest BCUT2D eigenvalue weighted by Crippen LogP contribution is 2.53. The van der Waals surface area contributed by atoms with E-state index in [1.54, 1.807) is 13.8 Å². The van der Waals surface area contributed by atoms with Crippen molar-refractivity contribution < 1.29 is 36.1 Å². The molecule has 1 aliphatic heterocycles. The average Bonchev–Trinajstić information content (AvgIpc) is 2.93. The lowest BCUT2D eigenvalue weighted by Crippen LogP contribution is -2.59. The minimum Gasteiger partial charge on any atom is -0.291 e. The van der Waals surface area contributed by atoms with Crippen LogP contribution in [-0.2, 0) is 6.18 Å². The molecule has 1 unspecified atom stereocenters. The van der Waals surface area contributed by atoms with E-state index in [-0.39, 0.29) is 25.2 Å². The Morgan fingerprint density at radius 3 is 2.07 bits per heavy atom. The second-order valence-electron chi connectivity index (χ2n) is 6.46. The molecule has 1 aromatic rings. The number of urea groups is 1. The van der Waals surface area contributed by atoms with Crippen LogP contribution in [0.3, 0.4) is 0 Å². The van der Waals surface area contributed by atoms with Gasteiger partial charge in [-0.15, -0.1) is 0 Å². The highest BCUT2D eigenvalue weighted by molar-refractivity contribution is 7.81. The Kier molecular flexibility index (Phi) is 6.43. The summed E-state index contributed by atoms with van der Waals surface area (Å²) in [5.74, 6) is -1.87. The molecule has 1 aromatic carbocycles. The third kappa shape index (κ3) is 4.10. The number of fused-ring (bicyclic) bond motifs is 1. The number of nitro groups is 1. The molecule has 0 spiro atoms. The largest absolute Gasteiger partial charge is 0.489 e. The van der Waals surface area contributed by atoms with E-state index in [0.29, 0.717) is 12.8 Å². The van der Waals surface area contributed by atoms with E-state index in [1.165, 1.54) is 0 Å². The molecule has 1 aliphatic rings. The zero-order valence-electron chi connectivity index (χ0n) is 15.7. The first-order chi connectivity index (χ1) is 13.7. The van der Waals surface area contributed by atoms with Crippen LogP contribution in [0.4, 0.5) is 48.2 Å². The zero-order chi connectivity index (χ0) is 23.1. The Bertz CT molecular complexity index is 896. The summed E-state index contributed by atoms with van der Waals surface area (Å²) >= 11 is 3.83. The van der Waals surface area contributed by atoms with Gasteiger partial charge in [-0.3, -0.25) is 15.0 Å². The van der Waals surface area contributed by atoms with Gasteiger partial charge in [0.2, 0.25) is 5.69 Å². The summed E-state index contributed by atoms with van der Waals surface area (Å²) in [6.07, 6.45) is -9.71. The number of amides is 2. The molecule has 0 aromatic heterocycles. The summed E-state index contributed by atoms with van der Waals surface area (Å²) in [6.45, 7) is 3.33. The number of hydrogen-bond acceptors (Lipinski definition) is 5. The van der Waals surface area contributed by atoms with Crippen LogP contribution in [0.2, 0.25) is 0 Å². The van der Waals surface area contributed by atoms with Gasteiger partial charge < -0.3 is 0 Å². The van der Waals surface area contributed by atoms with Crippen molar-refractivity contribution in [3.63, 3.8) is 0 Å². The van der Waals surface area contributed by atoms with Crippen molar-refractivity contribution in [2.45, 2.75) is 39.0 Å². The molecule has 2 rings (SSSR count). The number of rotatable bonds is 5. The molecule has 0 saturated heterocycles. The van der Waals surface area contributed by atoms with Gasteiger partial charge in [0.1, 0.15) is 0 Å². The third-order valence-electron chi connectivity index (χ3n) is 4.25. The number of nitro benzene ring substituents is 1. The van der Waals surface area contributed by atoms with Crippen molar-refractivity contribution in [2.75, 3.05) is 13.1 Å². The smallest absolute Gasteiger partial charge is 0.291 e. The number of aliphatic imine (C=N–C) groups is 1. The second kappa shape index (κ2) is 8.06. The molecular weight excluding hydrogens is 442 g/mol. The van der Waals surface area contributed by atoms with Gasteiger partial charge in [0.15, 0.2) is 5.69 Å². The van der Waals surface area contributed by atoms with E-state index in [0.717, 1.165) is 4.90 Å². The van der Waals surface area contributed by atoms with Crippen molar-refractivity contribution in [3.8, 4) is 0 Å². The van der Waals surface area contributed by atoms with Crippen LogP contribution in [-0.4, -0.2) is 41.0 Å². The first-order valence-electron chi connectivity index (χ1n) is 8.67. The van der Waals surface area contributed by atoms with Gasteiger partial charge in [-0.25, -0.2) is 4.79 Å². The third-order valence-corrected chi connectivity index (χ3v) is 4.83. The minimum absolute atomic E-state index is 0.00869. The van der Waals surface area contributed by atoms with Crippen molar-refractivity contribution >= 4 is 41.7 Å². The lowest BCUT2D eigenvalue weighted by molar-refractivity contribution is -0.384. The SMILES string of the molecule is CCCN(CCC)C(=O)[N+]1(S)C(C(F)(F)F)=Nc2c([N+](=O)[O-])cc(C(F)(F)F)cc21. The number of carbonyl (C=O) groups is 1. The fraction of sp³-hybridized carbons (Fsp3) is 0.500. The van der Waals surface area contributed by atoms with Crippen molar-refractivity contribution in [3.05, 3.63) is 27.8 Å². The molecule has 7 nitrogen and oxygen atoms in total. The Morgan fingerprint density at radius 1 is 1.13 bits per heavy atom. The van der Waals surface area contributed by atoms with Crippen molar-refractivity contribution in [1.29, 1.82) is 0 Å². The molecule has 166 valence electrons. The summed E-state index contributed by atoms with van der Waals surface area (Å²) in [6, 6.07) is -0.975. The number of thiol groups is 1. The van der Waals surface area contributed by atoms with Crippen LogP contribution < -0.4 is 3.89 Å². The normalized spacial score (nSPS) is 18.8. The maximum absolute atomic E-state index is 13.7. The van der Waals surface area contributed by atoms with Gasteiger partial charge in [0.05, 0.1) is 23.3 Å². The van der Waals surface area contributed by atoms with Crippen LogP contribution in [0.25, 0.3) is 0 Å². The molecule has 0 N–H and O–H groups in total. The monoisotopic (exact) mass is 459 g/mol. The quantitative estimate of drug-likeness (QED) is 0.204. The number of alkyl halides is 6. The van der Waals surface area contributed by atoms with Gasteiger partial charge in [-0.1, -0.05) is 17.7 Å². The summed E-state index contributed by atoms with van der Waals surface area (Å²) in [5, 5.41) is 11.3. The second-order valence-corrected chi connectivity index (χ2v) is 7.06. The van der Waals surface area contributed by atoms with Gasteiger partial charge in [-0.05, 0) is 12.8 Å². The Morgan fingerprint density at radius 2 is 1.67 bits per heavy atom. The predicted octanol–water partition coefficient (Wildman–Crippen LogP) is 5.61. The summed E-state index contributed by atoms with van der Waals surface area (Å²) in [7, 11) is 0. The molecule has 2 amide bonds. The van der Waals surface area contributed by atoms with Crippen LogP contribution >= 0.6 is 12.8 Å². The number of hydrogen-bond donors (Lipinski definition) is 1. The summed E-state index contributed by atoms with van der Waals surface area (Å²) < 4.78 is 78.9. The Balaban J connectivity index is 2.86. The maximum atomic E-state index is 13.7. The van der Waals surface area contributed by atoms with Gasteiger partial charge >= 0.3 is 29.9 Å². The molecule has 0 aliphatic carbocycles. The number of benzene rings is 1.